The number of rotatable bonds is 10. The fraction of sp³-hybridized carbons (Fsp3) is 0.484. The third-order valence-electron chi connectivity index (χ3n) is 7.60. The van der Waals surface area contributed by atoms with Crippen LogP contribution in [-0.4, -0.2) is 57.6 Å². The average molecular weight is 707 g/mol. The van der Waals surface area contributed by atoms with Crippen molar-refractivity contribution in [2.45, 2.75) is 78.7 Å². The topological polar surface area (TPSA) is 111 Å². The Morgan fingerprint density at radius 2 is 1.14 bits per heavy atom. The molecule has 2 heterocycles. The molecule has 0 fully saturated rings. The number of hydrogen-bond donors (Lipinski definition) is 2. The number of aliphatic hydroxyl groups is 2. The number of aromatic nitrogens is 6. The molecule has 9 nitrogen and oxygen atoms in total. The summed E-state index contributed by atoms with van der Waals surface area (Å²) in [5.74, 6) is 0.722. The zero-order chi connectivity index (χ0) is 31.0. The van der Waals surface area contributed by atoms with Crippen molar-refractivity contribution >= 4 is 31.9 Å². The Bertz CT molecular complexity index is 1230. The Hall–Kier alpha value is -2.60. The highest BCUT2D eigenvalue weighted by molar-refractivity contribution is 9.10. The second-order valence-corrected chi connectivity index (χ2v) is 14.4. The van der Waals surface area contributed by atoms with Crippen LogP contribution in [0.5, 0.6) is 5.75 Å². The standard InChI is InChI=1S/C16H22BrN3O.C15H20BrN3O2/c1-15(2,3)16(21,10-20-12-18-11-19-20)9-8-13-4-6-14(17)7-5-13;1-14(2,3)15(20,8-19-11-17-10-18-19)9-21-13-6-4-12(16)5-7-13/h4-7,11-12,21H,8-10H2,1-3H3;4-7,10-11,20H,8-9H2,1-3H3. The van der Waals surface area contributed by atoms with Gasteiger partial charge in [0.25, 0.3) is 0 Å². The van der Waals surface area contributed by atoms with E-state index in [4.69, 9.17) is 4.74 Å². The lowest BCUT2D eigenvalue weighted by Crippen LogP contribution is -2.51. The molecule has 2 unspecified atom stereocenters. The summed E-state index contributed by atoms with van der Waals surface area (Å²) in [6.45, 7) is 13.1. The first-order chi connectivity index (χ1) is 19.6. The minimum atomic E-state index is -1.06. The van der Waals surface area contributed by atoms with Gasteiger partial charge in [-0.1, -0.05) is 85.5 Å². The van der Waals surface area contributed by atoms with E-state index in [1.807, 2.05) is 57.2 Å². The predicted molar refractivity (Wildman–Crippen MR) is 171 cm³/mol. The van der Waals surface area contributed by atoms with E-state index in [0.717, 1.165) is 21.1 Å². The Morgan fingerprint density at radius 1 is 0.690 bits per heavy atom. The van der Waals surface area contributed by atoms with Gasteiger partial charge < -0.3 is 14.9 Å². The van der Waals surface area contributed by atoms with Crippen molar-refractivity contribution in [3.05, 3.63) is 88.3 Å². The number of hydrogen-bond acceptors (Lipinski definition) is 7. The van der Waals surface area contributed by atoms with Gasteiger partial charge in [-0.2, -0.15) is 10.2 Å². The van der Waals surface area contributed by atoms with Crippen molar-refractivity contribution < 1.29 is 14.9 Å². The van der Waals surface area contributed by atoms with Gasteiger partial charge in [-0.05, 0) is 65.6 Å². The van der Waals surface area contributed by atoms with E-state index in [-0.39, 0.29) is 17.4 Å². The largest absolute Gasteiger partial charge is 0.490 e. The van der Waals surface area contributed by atoms with Gasteiger partial charge in [-0.25, -0.2) is 14.6 Å². The molecule has 2 N–H and O–H groups in total. The maximum atomic E-state index is 11.1. The molecule has 0 saturated carbocycles. The third-order valence-corrected chi connectivity index (χ3v) is 8.66. The van der Waals surface area contributed by atoms with Gasteiger partial charge in [0.05, 0.1) is 18.7 Å². The fourth-order valence-electron chi connectivity index (χ4n) is 4.09. The van der Waals surface area contributed by atoms with E-state index in [0.29, 0.717) is 19.5 Å². The zero-order valence-corrected chi connectivity index (χ0v) is 28.4. The molecule has 0 amide bonds. The lowest BCUT2D eigenvalue weighted by Gasteiger charge is -2.40. The molecule has 0 aliphatic rings. The summed E-state index contributed by atoms with van der Waals surface area (Å²) < 4.78 is 11.2. The van der Waals surface area contributed by atoms with Crippen LogP contribution >= 0.6 is 31.9 Å². The Kier molecular flexibility index (Phi) is 11.5. The van der Waals surface area contributed by atoms with Gasteiger partial charge in [0, 0.05) is 8.95 Å². The van der Waals surface area contributed by atoms with Crippen LogP contribution in [0.25, 0.3) is 0 Å². The highest BCUT2D eigenvalue weighted by Crippen LogP contribution is 2.36. The molecular formula is C31H42Br2N6O3. The zero-order valence-electron chi connectivity index (χ0n) is 25.2. The van der Waals surface area contributed by atoms with Gasteiger partial charge >= 0.3 is 0 Å². The van der Waals surface area contributed by atoms with Crippen molar-refractivity contribution in [2.75, 3.05) is 6.61 Å². The third kappa shape index (κ3) is 9.72. The number of nitrogens with zero attached hydrogens (tertiary/aromatic N) is 6. The van der Waals surface area contributed by atoms with Gasteiger partial charge in [0.1, 0.15) is 43.3 Å². The monoisotopic (exact) mass is 704 g/mol. The first-order valence-corrected chi connectivity index (χ1v) is 15.4. The summed E-state index contributed by atoms with van der Waals surface area (Å²) in [5, 5.41) is 30.3. The summed E-state index contributed by atoms with van der Waals surface area (Å²) in [6, 6.07) is 15.8. The molecule has 0 spiro atoms. The van der Waals surface area contributed by atoms with Crippen LogP contribution in [0.2, 0.25) is 0 Å². The molecule has 2 aromatic heterocycles. The fourth-order valence-corrected chi connectivity index (χ4v) is 4.62. The maximum absolute atomic E-state index is 11.1. The molecule has 0 bridgehead atoms. The summed E-state index contributed by atoms with van der Waals surface area (Å²) in [4.78, 5) is 7.86. The lowest BCUT2D eigenvalue weighted by atomic mass is 9.73. The Balaban J connectivity index is 0.000000230. The highest BCUT2D eigenvalue weighted by atomic mass is 79.9. The molecular weight excluding hydrogens is 664 g/mol. The van der Waals surface area contributed by atoms with Gasteiger partial charge in [-0.3, -0.25) is 4.68 Å². The van der Waals surface area contributed by atoms with Crippen LogP contribution < -0.4 is 4.74 Å². The Morgan fingerprint density at radius 3 is 1.57 bits per heavy atom. The Labute approximate surface area is 265 Å². The van der Waals surface area contributed by atoms with Crippen LogP contribution in [0, 0.1) is 10.8 Å². The van der Waals surface area contributed by atoms with Crippen LogP contribution in [-0.2, 0) is 19.5 Å². The molecule has 4 rings (SSSR count). The first kappa shape index (κ1) is 33.9. The molecule has 11 heteroatoms. The van der Waals surface area contributed by atoms with Crippen molar-refractivity contribution in [2.24, 2.45) is 10.8 Å². The molecule has 42 heavy (non-hydrogen) atoms. The SMILES string of the molecule is CC(C)(C)C(O)(CCc1ccc(Br)cc1)Cn1cncn1.CC(C)(C)C(O)(COc1ccc(Br)cc1)Cn1cncn1. The van der Waals surface area contributed by atoms with Crippen molar-refractivity contribution in [1.82, 2.24) is 29.5 Å². The van der Waals surface area contributed by atoms with Crippen LogP contribution in [0.3, 0.4) is 0 Å². The average Bonchev–Trinajstić information content (AvgIpc) is 3.62. The molecule has 4 aromatic rings. The quantitative estimate of drug-likeness (QED) is 0.198. The molecule has 2 aromatic carbocycles. The summed E-state index contributed by atoms with van der Waals surface area (Å²) in [7, 11) is 0. The minimum absolute atomic E-state index is 0.179. The second-order valence-electron chi connectivity index (χ2n) is 12.6. The number of halogens is 2. The molecule has 0 aliphatic carbocycles. The van der Waals surface area contributed by atoms with Crippen molar-refractivity contribution in [3.8, 4) is 5.75 Å². The van der Waals surface area contributed by atoms with Gasteiger partial charge in [-0.15, -0.1) is 0 Å². The number of benzene rings is 2. The van der Waals surface area contributed by atoms with Crippen molar-refractivity contribution in [3.63, 3.8) is 0 Å². The van der Waals surface area contributed by atoms with Crippen LogP contribution in [0.15, 0.2) is 82.8 Å². The highest BCUT2D eigenvalue weighted by Gasteiger charge is 2.42. The first-order valence-electron chi connectivity index (χ1n) is 13.8. The normalized spacial score (nSPS) is 14.8. The van der Waals surface area contributed by atoms with Crippen molar-refractivity contribution in [1.29, 1.82) is 0 Å². The molecule has 0 radical (unpaired) electrons. The van der Waals surface area contributed by atoms with E-state index in [1.165, 1.54) is 18.2 Å². The minimum Gasteiger partial charge on any atom is -0.490 e. The molecule has 228 valence electrons. The van der Waals surface area contributed by atoms with E-state index in [1.54, 1.807) is 22.0 Å². The lowest BCUT2D eigenvalue weighted by molar-refractivity contribution is -0.101. The van der Waals surface area contributed by atoms with E-state index < -0.39 is 11.2 Å². The number of aryl methyl sites for hydroxylation is 1. The summed E-state index contributed by atoms with van der Waals surface area (Å²) >= 11 is 6.82. The molecule has 0 aliphatic heterocycles. The van der Waals surface area contributed by atoms with E-state index >= 15 is 0 Å². The predicted octanol–water partition coefficient (Wildman–Crippen LogP) is 6.35. The second kappa shape index (κ2) is 14.2. The summed E-state index contributed by atoms with van der Waals surface area (Å²) in [5.41, 5.74) is -1.29. The molecule has 2 atom stereocenters. The van der Waals surface area contributed by atoms with Gasteiger partial charge in [0.2, 0.25) is 0 Å². The van der Waals surface area contributed by atoms with E-state index in [2.05, 4.69) is 84.9 Å². The maximum Gasteiger partial charge on any atom is 0.137 e. The van der Waals surface area contributed by atoms with Crippen LogP contribution in [0.4, 0.5) is 0 Å². The van der Waals surface area contributed by atoms with Crippen LogP contribution in [0.1, 0.15) is 53.5 Å². The van der Waals surface area contributed by atoms with E-state index in [9.17, 15) is 10.2 Å². The van der Waals surface area contributed by atoms with Gasteiger partial charge in [0.15, 0.2) is 0 Å². The smallest absolute Gasteiger partial charge is 0.137 e. The summed E-state index contributed by atoms with van der Waals surface area (Å²) in [6.07, 6.45) is 7.71. The molecule has 0 saturated heterocycles. The number of ether oxygens (including phenoxy) is 1.